The Morgan fingerprint density at radius 3 is 2.68 bits per heavy atom. The smallest absolute Gasteiger partial charge is 0.410 e. The molecule has 2 fully saturated rings. The molecule has 19 heavy (non-hydrogen) atoms. The van der Waals surface area contributed by atoms with E-state index in [9.17, 15) is 14.0 Å². The molecule has 0 aliphatic carbocycles. The molecular weight excluding hydrogens is 251 g/mol. The summed E-state index contributed by atoms with van der Waals surface area (Å²) in [5, 5.41) is 2.68. The van der Waals surface area contributed by atoms with Gasteiger partial charge in [-0.3, -0.25) is 4.79 Å². The lowest BCUT2D eigenvalue weighted by Gasteiger charge is -2.41. The van der Waals surface area contributed by atoms with E-state index in [1.807, 2.05) is 0 Å². The number of piperidine rings is 1. The summed E-state index contributed by atoms with van der Waals surface area (Å²) in [7, 11) is 0. The second kappa shape index (κ2) is 4.65. The molecule has 0 aromatic carbocycles. The normalized spacial score (nSPS) is 31.5. The zero-order chi connectivity index (χ0) is 14.3. The van der Waals surface area contributed by atoms with Crippen molar-refractivity contribution in [2.24, 2.45) is 5.41 Å². The van der Waals surface area contributed by atoms with Crippen LogP contribution in [0.3, 0.4) is 0 Å². The Morgan fingerprint density at radius 2 is 2.21 bits per heavy atom. The molecule has 0 radical (unpaired) electrons. The molecule has 2 saturated heterocycles. The van der Waals surface area contributed by atoms with Crippen molar-refractivity contribution >= 4 is 12.0 Å². The Balaban J connectivity index is 1.97. The molecule has 2 amide bonds. The molecule has 0 aromatic heterocycles. The highest BCUT2D eigenvalue weighted by Crippen LogP contribution is 2.39. The van der Waals surface area contributed by atoms with Crippen molar-refractivity contribution in [1.29, 1.82) is 0 Å². The van der Waals surface area contributed by atoms with Gasteiger partial charge in [0.25, 0.3) is 0 Å². The number of hydrogen-bond donors (Lipinski definition) is 1. The Kier molecular flexibility index (Phi) is 3.45. The van der Waals surface area contributed by atoms with Gasteiger partial charge in [-0.15, -0.1) is 0 Å². The summed E-state index contributed by atoms with van der Waals surface area (Å²) in [5.74, 6) is -0.103. The SMILES string of the molecule is CC(C)(C)OC(=O)N1CCC2(CNC(=O)C2)C(F)C1. The van der Waals surface area contributed by atoms with Crippen LogP contribution in [0.2, 0.25) is 0 Å². The molecule has 0 aromatic rings. The third kappa shape index (κ3) is 2.98. The molecule has 6 heteroatoms. The molecule has 2 heterocycles. The minimum absolute atomic E-state index is 0.00384. The van der Waals surface area contributed by atoms with Gasteiger partial charge in [0, 0.05) is 24.9 Å². The van der Waals surface area contributed by atoms with Gasteiger partial charge in [0.05, 0.1) is 6.54 Å². The molecule has 5 nitrogen and oxygen atoms in total. The lowest BCUT2D eigenvalue weighted by Crippen LogP contribution is -2.52. The van der Waals surface area contributed by atoms with E-state index >= 15 is 0 Å². The molecule has 0 bridgehead atoms. The minimum atomic E-state index is -1.19. The number of hydrogen-bond acceptors (Lipinski definition) is 3. The second-order valence-electron chi connectivity index (χ2n) is 6.46. The number of nitrogens with zero attached hydrogens (tertiary/aromatic N) is 1. The molecule has 2 unspecified atom stereocenters. The number of likely N-dealkylation sites (tertiary alicyclic amines) is 1. The molecule has 1 spiro atoms. The first-order valence-corrected chi connectivity index (χ1v) is 6.61. The largest absolute Gasteiger partial charge is 0.444 e. The maximum Gasteiger partial charge on any atom is 0.410 e. The molecule has 2 aliphatic rings. The van der Waals surface area contributed by atoms with E-state index in [0.29, 0.717) is 19.5 Å². The second-order valence-corrected chi connectivity index (χ2v) is 6.46. The molecule has 2 atom stereocenters. The first kappa shape index (κ1) is 14.1. The summed E-state index contributed by atoms with van der Waals surface area (Å²) in [6.45, 7) is 6.15. The summed E-state index contributed by atoms with van der Waals surface area (Å²) in [4.78, 5) is 24.6. The van der Waals surface area contributed by atoms with E-state index in [-0.39, 0.29) is 18.9 Å². The summed E-state index contributed by atoms with van der Waals surface area (Å²) in [5.41, 5.74) is -1.21. The molecule has 1 N–H and O–H groups in total. The molecule has 108 valence electrons. The zero-order valence-corrected chi connectivity index (χ0v) is 11.7. The lowest BCUT2D eigenvalue weighted by atomic mass is 9.76. The van der Waals surface area contributed by atoms with Crippen molar-refractivity contribution in [3.05, 3.63) is 0 Å². The number of carbonyl (C=O) groups excluding carboxylic acids is 2. The fraction of sp³-hybridized carbons (Fsp3) is 0.846. The van der Waals surface area contributed by atoms with Crippen molar-refractivity contribution < 1.29 is 18.7 Å². The predicted octanol–water partition coefficient (Wildman–Crippen LogP) is 1.47. The van der Waals surface area contributed by atoms with Gasteiger partial charge < -0.3 is 15.0 Å². The Bertz CT molecular complexity index is 394. The fourth-order valence-corrected chi connectivity index (χ4v) is 2.60. The van der Waals surface area contributed by atoms with Crippen LogP contribution in [0.25, 0.3) is 0 Å². The van der Waals surface area contributed by atoms with E-state index in [1.165, 1.54) is 4.90 Å². The van der Waals surface area contributed by atoms with Crippen molar-refractivity contribution in [3.63, 3.8) is 0 Å². The first-order valence-electron chi connectivity index (χ1n) is 6.61. The summed E-state index contributed by atoms with van der Waals surface area (Å²) in [6.07, 6.45) is -0.961. The van der Waals surface area contributed by atoms with Crippen LogP contribution in [-0.4, -0.2) is 48.3 Å². The maximum absolute atomic E-state index is 14.3. The standard InChI is InChI=1S/C13H21FN2O3/c1-12(2,3)19-11(18)16-5-4-13(9(14)7-16)6-10(17)15-8-13/h9H,4-8H2,1-3H3,(H,15,17). The van der Waals surface area contributed by atoms with Crippen LogP contribution in [-0.2, 0) is 9.53 Å². The first-order chi connectivity index (χ1) is 8.72. The Labute approximate surface area is 112 Å². The number of carbonyl (C=O) groups is 2. The van der Waals surface area contributed by atoms with Crippen molar-refractivity contribution in [2.75, 3.05) is 19.6 Å². The van der Waals surface area contributed by atoms with E-state index in [2.05, 4.69) is 5.32 Å². The third-order valence-corrected chi connectivity index (χ3v) is 3.73. The highest BCUT2D eigenvalue weighted by Gasteiger charge is 2.49. The van der Waals surface area contributed by atoms with Crippen LogP contribution in [0.15, 0.2) is 0 Å². The molecule has 0 saturated carbocycles. The number of rotatable bonds is 0. The minimum Gasteiger partial charge on any atom is -0.444 e. The number of ether oxygens (including phenoxy) is 1. The summed E-state index contributed by atoms with van der Waals surface area (Å²) >= 11 is 0. The van der Waals surface area contributed by atoms with Gasteiger partial charge in [0.2, 0.25) is 5.91 Å². The maximum atomic E-state index is 14.3. The van der Waals surface area contributed by atoms with Gasteiger partial charge in [-0.05, 0) is 27.2 Å². The number of halogens is 1. The average molecular weight is 272 g/mol. The van der Waals surface area contributed by atoms with Gasteiger partial charge in [-0.25, -0.2) is 9.18 Å². The van der Waals surface area contributed by atoms with Gasteiger partial charge in [-0.1, -0.05) is 0 Å². The Morgan fingerprint density at radius 1 is 1.53 bits per heavy atom. The summed E-state index contributed by atoms with van der Waals surface area (Å²) < 4.78 is 19.6. The zero-order valence-electron chi connectivity index (χ0n) is 11.7. The van der Waals surface area contributed by atoms with Crippen molar-refractivity contribution in [3.8, 4) is 0 Å². The lowest BCUT2D eigenvalue weighted by molar-refractivity contribution is -0.120. The van der Waals surface area contributed by atoms with Crippen LogP contribution in [0.4, 0.5) is 9.18 Å². The van der Waals surface area contributed by atoms with Crippen LogP contribution >= 0.6 is 0 Å². The Hall–Kier alpha value is -1.33. The van der Waals surface area contributed by atoms with Crippen LogP contribution in [0.5, 0.6) is 0 Å². The predicted molar refractivity (Wildman–Crippen MR) is 67.4 cm³/mol. The third-order valence-electron chi connectivity index (χ3n) is 3.73. The van der Waals surface area contributed by atoms with Gasteiger partial charge in [0.15, 0.2) is 0 Å². The van der Waals surface area contributed by atoms with E-state index in [4.69, 9.17) is 4.74 Å². The van der Waals surface area contributed by atoms with Gasteiger partial charge in [0.1, 0.15) is 11.8 Å². The highest BCUT2D eigenvalue weighted by molar-refractivity contribution is 5.79. The monoisotopic (exact) mass is 272 g/mol. The quantitative estimate of drug-likeness (QED) is 0.726. The van der Waals surface area contributed by atoms with E-state index in [1.54, 1.807) is 20.8 Å². The number of nitrogens with one attached hydrogen (secondary N) is 1. The van der Waals surface area contributed by atoms with Crippen LogP contribution in [0.1, 0.15) is 33.6 Å². The van der Waals surface area contributed by atoms with Gasteiger partial charge >= 0.3 is 6.09 Å². The fourth-order valence-electron chi connectivity index (χ4n) is 2.60. The number of alkyl halides is 1. The highest BCUT2D eigenvalue weighted by atomic mass is 19.1. The van der Waals surface area contributed by atoms with Crippen molar-refractivity contribution in [1.82, 2.24) is 10.2 Å². The topological polar surface area (TPSA) is 58.6 Å². The van der Waals surface area contributed by atoms with E-state index < -0.39 is 23.3 Å². The average Bonchev–Trinajstić information content (AvgIpc) is 2.63. The van der Waals surface area contributed by atoms with Gasteiger partial charge in [-0.2, -0.15) is 0 Å². The molecule has 2 rings (SSSR count). The van der Waals surface area contributed by atoms with Crippen molar-refractivity contribution in [2.45, 2.75) is 45.4 Å². The number of amides is 2. The van der Waals surface area contributed by atoms with E-state index in [0.717, 1.165) is 0 Å². The summed E-state index contributed by atoms with van der Waals surface area (Å²) in [6, 6.07) is 0. The van der Waals surface area contributed by atoms with Crippen LogP contribution < -0.4 is 5.32 Å². The molecular formula is C13H21FN2O3. The van der Waals surface area contributed by atoms with Crippen LogP contribution in [0, 0.1) is 5.41 Å². The molecule has 2 aliphatic heterocycles.